The van der Waals surface area contributed by atoms with Crippen molar-refractivity contribution in [1.82, 2.24) is 0 Å². The smallest absolute Gasteiger partial charge is 0.359 e. The third-order valence-electron chi connectivity index (χ3n) is 6.39. The van der Waals surface area contributed by atoms with E-state index in [9.17, 15) is 44.7 Å². The van der Waals surface area contributed by atoms with E-state index in [-0.39, 0.29) is 25.7 Å². The van der Waals surface area contributed by atoms with Crippen molar-refractivity contribution >= 4 is 48.1 Å². The van der Waals surface area contributed by atoms with Crippen LogP contribution >= 0.6 is 0 Å². The highest BCUT2D eigenvalue weighted by molar-refractivity contribution is 8.40. The fourth-order valence-corrected chi connectivity index (χ4v) is 14.3. The fraction of sp³-hybridized carbons (Fsp3) is 0.882. The van der Waals surface area contributed by atoms with Gasteiger partial charge in [-0.3, -0.25) is 0 Å². The Hall–Kier alpha value is -1.44. The van der Waals surface area contributed by atoms with Gasteiger partial charge in [0.2, 0.25) is 0 Å². The van der Waals surface area contributed by atoms with Gasteiger partial charge in [0.05, 0.1) is 10.5 Å². The molecular formula is C17H28N4O8S4. The maximum Gasteiger partial charge on any atom is 0.496 e. The number of rotatable bonds is 4. The van der Waals surface area contributed by atoms with Gasteiger partial charge in [-0.1, -0.05) is 38.5 Å². The quantitative estimate of drug-likeness (QED) is 0.217. The second-order valence-electron chi connectivity index (χ2n) is 8.75. The standard InChI is InChI=1S/C17H28N4O8S4/c1-17(2,32(26,27)15(20-18)30(22,23)13-9-5-3-6-10-13)33(28,29)16(21-19)31(24,25)14-11-7-4-8-12-14/h13-14H,3-12H2,1-2H3. The van der Waals surface area contributed by atoms with Crippen molar-refractivity contribution in [2.45, 2.75) is 92.6 Å². The maximum absolute atomic E-state index is 13.3. The molecule has 0 aromatic rings. The van der Waals surface area contributed by atoms with Gasteiger partial charge in [-0.25, -0.2) is 33.7 Å². The molecule has 2 saturated carbocycles. The zero-order valence-corrected chi connectivity index (χ0v) is 21.7. The summed E-state index contributed by atoms with van der Waals surface area (Å²) in [4.78, 5) is 4.90. The number of hydrogen-bond donors (Lipinski definition) is 0. The van der Waals surface area contributed by atoms with Crippen LogP contribution in [0.15, 0.2) is 0 Å². The van der Waals surface area contributed by atoms with E-state index in [4.69, 9.17) is 0 Å². The molecule has 0 aromatic heterocycles. The predicted molar refractivity (Wildman–Crippen MR) is 121 cm³/mol. The lowest BCUT2D eigenvalue weighted by Gasteiger charge is -2.24. The van der Waals surface area contributed by atoms with Crippen molar-refractivity contribution in [2.75, 3.05) is 0 Å². The van der Waals surface area contributed by atoms with Crippen molar-refractivity contribution in [3.05, 3.63) is 11.1 Å². The SMILES string of the molecule is CC(C)(S(=O)(=O)C(=[N+]=[N-])S(=O)(=O)C1CCCCC1)S(=O)(=O)C(=[N+]=[N-])S(=O)(=O)C1CCCCC1. The van der Waals surface area contributed by atoms with Crippen molar-refractivity contribution in [3.63, 3.8) is 0 Å². The maximum atomic E-state index is 13.3. The summed E-state index contributed by atoms with van der Waals surface area (Å²) < 4.78 is 98.2. The molecule has 0 atom stereocenters. The first-order valence-corrected chi connectivity index (χ1v) is 16.6. The average molecular weight is 545 g/mol. The second kappa shape index (κ2) is 9.67. The van der Waals surface area contributed by atoms with E-state index in [0.717, 1.165) is 12.8 Å². The third kappa shape index (κ3) is 4.73. The lowest BCUT2D eigenvalue weighted by Crippen LogP contribution is -2.52. The minimum Gasteiger partial charge on any atom is -0.359 e. The van der Waals surface area contributed by atoms with E-state index in [1.807, 2.05) is 0 Å². The zero-order valence-electron chi connectivity index (χ0n) is 18.4. The van der Waals surface area contributed by atoms with Gasteiger partial charge in [0.25, 0.3) is 39.3 Å². The highest BCUT2D eigenvalue weighted by Gasteiger charge is 2.65. The predicted octanol–water partition coefficient (Wildman–Crippen LogP) is 1.22. The Morgan fingerprint density at radius 3 is 1.12 bits per heavy atom. The van der Waals surface area contributed by atoms with Crippen molar-refractivity contribution in [2.24, 2.45) is 0 Å². The topological polar surface area (TPSA) is 209 Å². The summed E-state index contributed by atoms with van der Waals surface area (Å²) in [6.45, 7) is 1.14. The molecule has 0 aromatic carbocycles. The first-order valence-electron chi connectivity index (χ1n) is 10.5. The minimum absolute atomic E-state index is 0.101. The summed E-state index contributed by atoms with van der Waals surface area (Å²) in [6.07, 6.45) is 3.84. The van der Waals surface area contributed by atoms with Crippen molar-refractivity contribution in [3.8, 4) is 0 Å². The van der Waals surface area contributed by atoms with Crippen LogP contribution in [0.1, 0.15) is 78.1 Å². The summed E-state index contributed by atoms with van der Waals surface area (Å²) >= 11 is 0. The Bertz CT molecular complexity index is 1200. The van der Waals surface area contributed by atoms with Crippen LogP contribution in [0.5, 0.6) is 0 Å². The molecule has 0 N–H and O–H groups in total. The molecule has 0 unspecified atom stereocenters. The van der Waals surface area contributed by atoms with Crippen LogP contribution in [0.2, 0.25) is 0 Å². The second-order valence-corrected chi connectivity index (χ2v) is 18.6. The number of sulfone groups is 4. The molecule has 2 fully saturated rings. The minimum atomic E-state index is -5.49. The molecule has 0 aliphatic heterocycles. The van der Waals surface area contributed by atoms with Gasteiger partial charge >= 0.3 is 8.75 Å². The molecule has 33 heavy (non-hydrogen) atoms. The van der Waals surface area contributed by atoms with Gasteiger partial charge < -0.3 is 11.1 Å². The number of hydrogen-bond acceptors (Lipinski definition) is 8. The van der Waals surface area contributed by atoms with Crippen molar-refractivity contribution < 1.29 is 43.3 Å². The zero-order chi connectivity index (χ0) is 25.3. The Morgan fingerprint density at radius 1 is 0.606 bits per heavy atom. The summed E-state index contributed by atoms with van der Waals surface area (Å²) in [5.41, 5.74) is 18.7. The molecule has 2 aliphatic rings. The molecule has 2 aliphatic carbocycles. The molecule has 12 nitrogen and oxygen atoms in total. The normalized spacial score (nSPS) is 19.9. The van der Waals surface area contributed by atoms with Gasteiger partial charge in [0, 0.05) is 0 Å². The van der Waals surface area contributed by atoms with E-state index in [0.29, 0.717) is 39.5 Å². The van der Waals surface area contributed by atoms with E-state index in [2.05, 4.69) is 9.58 Å². The lowest BCUT2D eigenvalue weighted by atomic mass is 10.0. The third-order valence-corrected chi connectivity index (χ3v) is 17.9. The fourth-order valence-electron chi connectivity index (χ4n) is 4.13. The van der Waals surface area contributed by atoms with Gasteiger partial charge in [0.1, 0.15) is 0 Å². The van der Waals surface area contributed by atoms with Gasteiger partial charge in [0.15, 0.2) is 4.08 Å². The highest BCUT2D eigenvalue weighted by Crippen LogP contribution is 2.34. The molecule has 16 heteroatoms. The van der Waals surface area contributed by atoms with E-state index < -0.39 is 62.7 Å². The van der Waals surface area contributed by atoms with Gasteiger partial charge in [-0.05, 0) is 39.5 Å². The average Bonchev–Trinajstić information content (AvgIpc) is 2.75. The molecule has 0 bridgehead atoms. The summed E-state index contributed by atoms with van der Waals surface area (Å²) in [7, 11) is -20.5. The van der Waals surface area contributed by atoms with Gasteiger partial charge in [-0.2, -0.15) is 0 Å². The largest absolute Gasteiger partial charge is 0.496 e. The lowest BCUT2D eigenvalue weighted by molar-refractivity contribution is 0.00356. The molecule has 0 amide bonds. The van der Waals surface area contributed by atoms with Crippen LogP contribution in [0.3, 0.4) is 0 Å². The Kier molecular flexibility index (Phi) is 8.14. The molecule has 2 rings (SSSR count). The molecular weight excluding hydrogens is 516 g/mol. The van der Waals surface area contributed by atoms with Gasteiger partial charge in [-0.15, -0.1) is 9.58 Å². The molecule has 0 saturated heterocycles. The summed E-state index contributed by atoms with van der Waals surface area (Å²) in [5.74, 6) is 0. The summed E-state index contributed by atoms with van der Waals surface area (Å²) in [5, 5.41) is -2.38. The molecule has 0 radical (unpaired) electrons. The Labute approximate surface area is 194 Å². The highest BCUT2D eigenvalue weighted by atomic mass is 32.3. The van der Waals surface area contributed by atoms with Crippen LogP contribution in [-0.2, 0) is 39.3 Å². The molecule has 188 valence electrons. The first kappa shape index (κ1) is 27.8. The summed E-state index contributed by atoms with van der Waals surface area (Å²) in [6, 6.07) is 0. The Morgan fingerprint density at radius 2 is 0.879 bits per heavy atom. The van der Waals surface area contributed by atoms with Crippen LogP contribution in [0.25, 0.3) is 11.1 Å². The van der Waals surface area contributed by atoms with E-state index in [1.54, 1.807) is 0 Å². The molecule has 0 spiro atoms. The van der Waals surface area contributed by atoms with Crippen LogP contribution < -0.4 is 0 Å². The Balaban J connectivity index is 2.61. The molecule has 0 heterocycles. The van der Waals surface area contributed by atoms with Crippen LogP contribution in [0, 0.1) is 0 Å². The van der Waals surface area contributed by atoms with E-state index >= 15 is 0 Å². The van der Waals surface area contributed by atoms with Crippen LogP contribution in [0.4, 0.5) is 0 Å². The monoisotopic (exact) mass is 544 g/mol. The van der Waals surface area contributed by atoms with Crippen LogP contribution in [-0.4, -0.2) is 66.6 Å². The first-order chi connectivity index (χ1) is 15.1. The van der Waals surface area contributed by atoms with Crippen molar-refractivity contribution in [1.29, 1.82) is 0 Å². The van der Waals surface area contributed by atoms with E-state index in [1.165, 1.54) is 0 Å². The number of nitrogens with zero attached hydrogens (tertiary/aromatic N) is 4.